The van der Waals surface area contributed by atoms with E-state index in [0.717, 1.165) is 45.1 Å². The Morgan fingerprint density at radius 2 is 1.87 bits per heavy atom. The van der Waals surface area contributed by atoms with E-state index in [4.69, 9.17) is 4.74 Å². The second-order valence-corrected chi connectivity index (χ2v) is 6.63. The molecule has 5 heteroatoms. The molecule has 1 heterocycles. The third kappa shape index (κ3) is 9.16. The van der Waals surface area contributed by atoms with Crippen LogP contribution in [-0.2, 0) is 4.74 Å². The summed E-state index contributed by atoms with van der Waals surface area (Å²) >= 11 is 0. The van der Waals surface area contributed by atoms with E-state index < -0.39 is 0 Å². The Morgan fingerprint density at radius 3 is 2.48 bits per heavy atom. The summed E-state index contributed by atoms with van der Waals surface area (Å²) in [5.41, 5.74) is 0. The zero-order valence-corrected chi connectivity index (χ0v) is 15.7. The molecule has 0 aromatic heterocycles. The minimum Gasteiger partial charge on any atom is -0.381 e. The van der Waals surface area contributed by atoms with Gasteiger partial charge >= 0.3 is 0 Å². The number of unbranched alkanes of at least 4 members (excludes halogenated alkanes) is 1. The van der Waals surface area contributed by atoms with Crippen molar-refractivity contribution < 1.29 is 4.74 Å². The highest BCUT2D eigenvalue weighted by atomic mass is 16.5. The molecule has 1 fully saturated rings. The summed E-state index contributed by atoms with van der Waals surface area (Å²) in [5.74, 6) is 0.962. The number of rotatable bonds is 10. The summed E-state index contributed by atoms with van der Waals surface area (Å²) in [6.07, 6.45) is 5.74. The molecule has 1 rings (SSSR count). The molecule has 1 aliphatic heterocycles. The van der Waals surface area contributed by atoms with E-state index in [2.05, 4.69) is 48.2 Å². The summed E-state index contributed by atoms with van der Waals surface area (Å²) in [5, 5.41) is 6.96. The number of likely N-dealkylation sites (tertiary alicyclic amines) is 1. The van der Waals surface area contributed by atoms with Crippen LogP contribution in [0.15, 0.2) is 4.99 Å². The van der Waals surface area contributed by atoms with Crippen molar-refractivity contribution in [3.63, 3.8) is 0 Å². The second-order valence-electron chi connectivity index (χ2n) is 6.63. The fourth-order valence-electron chi connectivity index (χ4n) is 2.78. The van der Waals surface area contributed by atoms with E-state index >= 15 is 0 Å². The third-order valence-electron chi connectivity index (χ3n) is 4.30. The molecule has 5 nitrogen and oxygen atoms in total. The van der Waals surface area contributed by atoms with Crippen LogP contribution in [-0.4, -0.2) is 62.3 Å². The Kier molecular flexibility index (Phi) is 11.1. The van der Waals surface area contributed by atoms with Gasteiger partial charge in [0.1, 0.15) is 0 Å². The molecule has 0 aliphatic carbocycles. The molecule has 0 atom stereocenters. The molecule has 0 radical (unpaired) electrons. The van der Waals surface area contributed by atoms with Crippen LogP contribution in [0.2, 0.25) is 0 Å². The topological polar surface area (TPSA) is 48.9 Å². The monoisotopic (exact) mass is 326 g/mol. The van der Waals surface area contributed by atoms with E-state index in [1.165, 1.54) is 32.4 Å². The molecule has 0 saturated carbocycles. The average molecular weight is 327 g/mol. The number of nitrogens with one attached hydrogen (secondary N) is 2. The van der Waals surface area contributed by atoms with Gasteiger partial charge in [-0.05, 0) is 46.5 Å². The molecular formula is C18H38N4O. The van der Waals surface area contributed by atoms with Crippen molar-refractivity contribution in [2.75, 3.05) is 39.4 Å². The Labute approximate surface area is 143 Å². The third-order valence-corrected chi connectivity index (χ3v) is 4.30. The minimum atomic E-state index is 0.545. The first-order valence-corrected chi connectivity index (χ1v) is 9.54. The van der Waals surface area contributed by atoms with Gasteiger partial charge in [-0.25, -0.2) is 0 Å². The van der Waals surface area contributed by atoms with Crippen LogP contribution < -0.4 is 10.6 Å². The SMILES string of the molecule is CCCCOCCCN=C(NCC)NC1CCN(C(C)C)CC1. The summed E-state index contributed by atoms with van der Waals surface area (Å²) in [4.78, 5) is 7.23. The van der Waals surface area contributed by atoms with Crippen LogP contribution in [0.3, 0.4) is 0 Å². The maximum Gasteiger partial charge on any atom is 0.191 e. The van der Waals surface area contributed by atoms with E-state index in [0.29, 0.717) is 12.1 Å². The molecule has 1 saturated heterocycles. The number of guanidine groups is 1. The van der Waals surface area contributed by atoms with Crippen molar-refractivity contribution in [1.82, 2.24) is 15.5 Å². The Morgan fingerprint density at radius 1 is 1.17 bits per heavy atom. The summed E-state index contributed by atoms with van der Waals surface area (Å²) < 4.78 is 5.58. The van der Waals surface area contributed by atoms with Gasteiger partial charge in [0.25, 0.3) is 0 Å². The van der Waals surface area contributed by atoms with E-state index in [1.54, 1.807) is 0 Å². The van der Waals surface area contributed by atoms with Gasteiger partial charge in [0.2, 0.25) is 0 Å². The van der Waals surface area contributed by atoms with Gasteiger partial charge in [0.15, 0.2) is 5.96 Å². The van der Waals surface area contributed by atoms with Crippen molar-refractivity contribution in [3.05, 3.63) is 0 Å². The van der Waals surface area contributed by atoms with Crippen LogP contribution in [0.5, 0.6) is 0 Å². The summed E-state index contributed by atoms with van der Waals surface area (Å²) in [6.45, 7) is 14.7. The number of hydrogen-bond donors (Lipinski definition) is 2. The van der Waals surface area contributed by atoms with E-state index in [1.807, 2.05) is 0 Å². The highest BCUT2D eigenvalue weighted by Gasteiger charge is 2.21. The van der Waals surface area contributed by atoms with Gasteiger partial charge < -0.3 is 20.3 Å². The number of hydrogen-bond acceptors (Lipinski definition) is 3. The van der Waals surface area contributed by atoms with E-state index in [-0.39, 0.29) is 0 Å². The van der Waals surface area contributed by atoms with Crippen molar-refractivity contribution in [1.29, 1.82) is 0 Å². The normalized spacial score (nSPS) is 17.7. The predicted molar refractivity (Wildman–Crippen MR) is 99.2 cm³/mol. The zero-order valence-electron chi connectivity index (χ0n) is 15.7. The quantitative estimate of drug-likeness (QED) is 0.368. The van der Waals surface area contributed by atoms with Crippen LogP contribution in [0.25, 0.3) is 0 Å². The lowest BCUT2D eigenvalue weighted by atomic mass is 10.0. The molecular weight excluding hydrogens is 288 g/mol. The van der Waals surface area contributed by atoms with Crippen LogP contribution in [0.4, 0.5) is 0 Å². The Balaban J connectivity index is 2.24. The standard InChI is InChI=1S/C18H38N4O/c1-5-7-14-23-15-8-11-20-18(19-6-2)21-17-9-12-22(13-10-17)16(3)4/h16-17H,5-15H2,1-4H3,(H2,19,20,21). The first-order chi connectivity index (χ1) is 11.2. The number of piperidine rings is 1. The second kappa shape index (κ2) is 12.6. The Bertz CT molecular complexity index is 312. The van der Waals surface area contributed by atoms with Crippen molar-refractivity contribution in [2.24, 2.45) is 4.99 Å². The molecule has 1 aliphatic rings. The van der Waals surface area contributed by atoms with Crippen molar-refractivity contribution in [3.8, 4) is 0 Å². The lowest BCUT2D eigenvalue weighted by Gasteiger charge is -2.35. The lowest BCUT2D eigenvalue weighted by molar-refractivity contribution is 0.130. The molecule has 0 spiro atoms. The van der Waals surface area contributed by atoms with Gasteiger partial charge in [-0.2, -0.15) is 0 Å². The average Bonchev–Trinajstić information content (AvgIpc) is 2.54. The number of nitrogens with zero attached hydrogens (tertiary/aromatic N) is 2. The van der Waals surface area contributed by atoms with Gasteiger partial charge in [0, 0.05) is 51.5 Å². The Hall–Kier alpha value is -0.810. The fraction of sp³-hybridized carbons (Fsp3) is 0.944. The molecule has 0 bridgehead atoms. The molecule has 23 heavy (non-hydrogen) atoms. The van der Waals surface area contributed by atoms with Crippen molar-refractivity contribution >= 4 is 5.96 Å². The van der Waals surface area contributed by atoms with Crippen LogP contribution in [0, 0.1) is 0 Å². The highest BCUT2D eigenvalue weighted by Crippen LogP contribution is 2.12. The van der Waals surface area contributed by atoms with Crippen molar-refractivity contribution in [2.45, 2.75) is 71.9 Å². The zero-order chi connectivity index (χ0) is 16.9. The van der Waals surface area contributed by atoms with Gasteiger partial charge in [-0.3, -0.25) is 4.99 Å². The molecule has 136 valence electrons. The maximum absolute atomic E-state index is 5.58. The summed E-state index contributed by atoms with van der Waals surface area (Å²) in [7, 11) is 0. The molecule has 0 amide bonds. The van der Waals surface area contributed by atoms with Gasteiger partial charge in [-0.15, -0.1) is 0 Å². The van der Waals surface area contributed by atoms with Crippen LogP contribution in [0.1, 0.15) is 59.8 Å². The lowest BCUT2D eigenvalue weighted by Crippen LogP contribution is -2.49. The molecule has 2 N–H and O–H groups in total. The highest BCUT2D eigenvalue weighted by molar-refractivity contribution is 5.80. The molecule has 0 aromatic rings. The number of ether oxygens (including phenoxy) is 1. The van der Waals surface area contributed by atoms with Gasteiger partial charge in [0.05, 0.1) is 0 Å². The molecule has 0 aromatic carbocycles. The fourth-order valence-corrected chi connectivity index (χ4v) is 2.78. The van der Waals surface area contributed by atoms with E-state index in [9.17, 15) is 0 Å². The minimum absolute atomic E-state index is 0.545. The first kappa shape index (κ1) is 20.2. The predicted octanol–water partition coefficient (Wildman–Crippen LogP) is 2.62. The smallest absolute Gasteiger partial charge is 0.191 e. The number of aliphatic imine (C=N–C) groups is 1. The largest absolute Gasteiger partial charge is 0.381 e. The molecule has 0 unspecified atom stereocenters. The van der Waals surface area contributed by atoms with Gasteiger partial charge in [-0.1, -0.05) is 13.3 Å². The summed E-state index contributed by atoms with van der Waals surface area (Å²) in [6, 6.07) is 1.20. The first-order valence-electron chi connectivity index (χ1n) is 9.54. The maximum atomic E-state index is 5.58. The van der Waals surface area contributed by atoms with Crippen LogP contribution >= 0.6 is 0 Å².